The Morgan fingerprint density at radius 2 is 1.81 bits per heavy atom. The van der Waals surface area contributed by atoms with Gasteiger partial charge in [0.2, 0.25) is 5.91 Å². The molecule has 0 bridgehead atoms. The number of carbonyl (C=O) groups excluding carboxylic acids is 1. The minimum absolute atomic E-state index is 0.367. The van der Waals surface area contributed by atoms with Crippen molar-refractivity contribution in [2.24, 2.45) is 5.41 Å². The monoisotopic (exact) mass is 224 g/mol. The topological polar surface area (TPSA) is 32.3 Å². The van der Waals surface area contributed by atoms with E-state index in [1.165, 1.54) is 38.8 Å². The molecule has 92 valence electrons. The van der Waals surface area contributed by atoms with Crippen LogP contribution in [0.1, 0.15) is 45.4 Å². The van der Waals surface area contributed by atoms with E-state index in [0.29, 0.717) is 11.3 Å². The summed E-state index contributed by atoms with van der Waals surface area (Å²) in [6.07, 6.45) is 6.78. The van der Waals surface area contributed by atoms with Crippen LogP contribution in [-0.2, 0) is 4.79 Å². The maximum absolute atomic E-state index is 11.8. The maximum Gasteiger partial charge on any atom is 0.222 e. The highest BCUT2D eigenvalue weighted by Crippen LogP contribution is 2.39. The lowest BCUT2D eigenvalue weighted by atomic mass is 9.71. The summed E-state index contributed by atoms with van der Waals surface area (Å²) in [6.45, 7) is 6.42. The van der Waals surface area contributed by atoms with Crippen molar-refractivity contribution in [3.63, 3.8) is 0 Å². The minimum Gasteiger partial charge on any atom is -0.343 e. The number of hydrogen-bond donors (Lipinski definition) is 1. The molecule has 0 radical (unpaired) electrons. The molecule has 1 amide bonds. The number of nitrogens with zero attached hydrogens (tertiary/aromatic N) is 1. The number of carbonyl (C=O) groups is 1. The molecule has 0 aromatic carbocycles. The maximum atomic E-state index is 11.8. The van der Waals surface area contributed by atoms with Crippen LogP contribution < -0.4 is 5.32 Å². The van der Waals surface area contributed by atoms with Crippen LogP contribution in [0.4, 0.5) is 0 Å². The van der Waals surface area contributed by atoms with E-state index in [-0.39, 0.29) is 0 Å². The van der Waals surface area contributed by atoms with Crippen molar-refractivity contribution in [2.45, 2.75) is 45.4 Å². The lowest BCUT2D eigenvalue weighted by Crippen LogP contribution is -2.47. The van der Waals surface area contributed by atoms with Gasteiger partial charge in [-0.15, -0.1) is 0 Å². The Bertz CT molecular complexity index is 236. The van der Waals surface area contributed by atoms with Gasteiger partial charge in [-0.2, -0.15) is 0 Å². The largest absolute Gasteiger partial charge is 0.343 e. The molecular formula is C13H24N2O. The van der Waals surface area contributed by atoms with E-state index >= 15 is 0 Å². The first kappa shape index (κ1) is 11.9. The number of nitrogens with one attached hydrogen (secondary N) is 1. The van der Waals surface area contributed by atoms with Gasteiger partial charge >= 0.3 is 0 Å². The minimum atomic E-state index is 0.367. The lowest BCUT2D eigenvalue weighted by molar-refractivity contribution is -0.133. The summed E-state index contributed by atoms with van der Waals surface area (Å²) in [7, 11) is 0. The second-order valence-electron chi connectivity index (χ2n) is 5.38. The molecule has 0 aromatic heterocycles. The highest BCUT2D eigenvalue weighted by atomic mass is 16.2. The summed E-state index contributed by atoms with van der Waals surface area (Å²) >= 11 is 0. The number of likely N-dealkylation sites (tertiary alicyclic amines) is 1. The third kappa shape index (κ3) is 2.57. The normalized spacial score (nSPS) is 24.7. The molecule has 2 fully saturated rings. The van der Waals surface area contributed by atoms with Gasteiger partial charge < -0.3 is 10.2 Å². The van der Waals surface area contributed by atoms with Crippen LogP contribution in [0.5, 0.6) is 0 Å². The number of hydrogen-bond acceptors (Lipinski definition) is 2. The molecule has 2 heterocycles. The van der Waals surface area contributed by atoms with Crippen LogP contribution in [0.3, 0.4) is 0 Å². The fraction of sp³-hybridized carbons (Fsp3) is 0.923. The van der Waals surface area contributed by atoms with Crippen molar-refractivity contribution in [1.82, 2.24) is 10.2 Å². The Balaban J connectivity index is 1.83. The summed E-state index contributed by atoms with van der Waals surface area (Å²) in [6, 6.07) is 0. The van der Waals surface area contributed by atoms with Crippen molar-refractivity contribution in [2.75, 3.05) is 26.2 Å². The van der Waals surface area contributed by atoms with E-state index in [0.717, 1.165) is 25.9 Å². The van der Waals surface area contributed by atoms with Crippen molar-refractivity contribution in [3.8, 4) is 0 Å². The van der Waals surface area contributed by atoms with Gasteiger partial charge in [0.25, 0.3) is 0 Å². The van der Waals surface area contributed by atoms with Crippen LogP contribution in [0.15, 0.2) is 0 Å². The van der Waals surface area contributed by atoms with E-state index in [9.17, 15) is 4.79 Å². The standard InChI is InChI=1S/C13H24N2O/c1-2-3-12(16)15-10-6-13(7-11-15)4-8-14-9-5-13/h14H,2-11H2,1H3. The first-order chi connectivity index (χ1) is 7.76. The summed E-state index contributed by atoms with van der Waals surface area (Å²) < 4.78 is 0. The van der Waals surface area contributed by atoms with Gasteiger partial charge in [-0.3, -0.25) is 4.79 Å². The molecule has 0 aromatic rings. The van der Waals surface area contributed by atoms with Gasteiger partial charge in [0.1, 0.15) is 0 Å². The summed E-state index contributed by atoms with van der Waals surface area (Å²) in [4.78, 5) is 13.9. The van der Waals surface area contributed by atoms with Crippen LogP contribution >= 0.6 is 0 Å². The Morgan fingerprint density at radius 3 is 2.38 bits per heavy atom. The summed E-state index contributed by atoms with van der Waals surface area (Å²) in [5.41, 5.74) is 0.564. The van der Waals surface area contributed by atoms with Crippen molar-refractivity contribution in [1.29, 1.82) is 0 Å². The van der Waals surface area contributed by atoms with E-state index < -0.39 is 0 Å². The van der Waals surface area contributed by atoms with Gasteiger partial charge in [-0.05, 0) is 50.6 Å². The zero-order chi connectivity index (χ0) is 11.4. The van der Waals surface area contributed by atoms with Gasteiger partial charge in [0.05, 0.1) is 0 Å². The molecule has 0 unspecified atom stereocenters. The van der Waals surface area contributed by atoms with Crippen molar-refractivity contribution >= 4 is 5.91 Å². The Labute approximate surface area is 98.6 Å². The van der Waals surface area contributed by atoms with Crippen molar-refractivity contribution in [3.05, 3.63) is 0 Å². The molecule has 1 spiro atoms. The molecular weight excluding hydrogens is 200 g/mol. The van der Waals surface area contributed by atoms with Gasteiger partial charge in [0.15, 0.2) is 0 Å². The highest BCUT2D eigenvalue weighted by Gasteiger charge is 2.36. The molecule has 0 atom stereocenters. The zero-order valence-corrected chi connectivity index (χ0v) is 10.4. The molecule has 3 nitrogen and oxygen atoms in total. The van der Waals surface area contributed by atoms with Crippen LogP contribution in [0.2, 0.25) is 0 Å². The second-order valence-corrected chi connectivity index (χ2v) is 5.38. The van der Waals surface area contributed by atoms with E-state index in [1.54, 1.807) is 0 Å². The number of piperidine rings is 2. The zero-order valence-electron chi connectivity index (χ0n) is 10.4. The molecule has 0 aliphatic carbocycles. The Kier molecular flexibility index (Phi) is 3.85. The van der Waals surface area contributed by atoms with E-state index in [2.05, 4.69) is 17.1 Å². The van der Waals surface area contributed by atoms with Gasteiger partial charge in [0, 0.05) is 19.5 Å². The third-order valence-corrected chi connectivity index (χ3v) is 4.30. The average molecular weight is 224 g/mol. The number of rotatable bonds is 2. The average Bonchev–Trinajstić information content (AvgIpc) is 2.31. The highest BCUT2D eigenvalue weighted by molar-refractivity contribution is 5.76. The fourth-order valence-electron chi connectivity index (χ4n) is 3.06. The van der Waals surface area contributed by atoms with Crippen LogP contribution in [0, 0.1) is 5.41 Å². The number of amides is 1. The molecule has 2 rings (SSSR count). The molecule has 2 saturated heterocycles. The first-order valence-electron chi connectivity index (χ1n) is 6.74. The summed E-state index contributed by atoms with van der Waals surface area (Å²) in [5, 5.41) is 3.43. The summed E-state index contributed by atoms with van der Waals surface area (Å²) in [5.74, 6) is 0.367. The Hall–Kier alpha value is -0.570. The van der Waals surface area contributed by atoms with Crippen molar-refractivity contribution < 1.29 is 4.79 Å². The first-order valence-corrected chi connectivity index (χ1v) is 6.74. The third-order valence-electron chi connectivity index (χ3n) is 4.30. The SMILES string of the molecule is CCCC(=O)N1CCC2(CCNCC2)CC1. The van der Waals surface area contributed by atoms with Crippen LogP contribution in [-0.4, -0.2) is 37.0 Å². The second kappa shape index (κ2) is 5.17. The molecule has 3 heteroatoms. The van der Waals surface area contributed by atoms with E-state index in [4.69, 9.17) is 0 Å². The van der Waals surface area contributed by atoms with E-state index in [1.807, 2.05) is 0 Å². The Morgan fingerprint density at radius 1 is 1.19 bits per heavy atom. The van der Waals surface area contributed by atoms with Gasteiger partial charge in [-0.1, -0.05) is 6.92 Å². The smallest absolute Gasteiger partial charge is 0.222 e. The van der Waals surface area contributed by atoms with Crippen LogP contribution in [0.25, 0.3) is 0 Å². The fourth-order valence-corrected chi connectivity index (χ4v) is 3.06. The predicted molar refractivity (Wildman–Crippen MR) is 65.3 cm³/mol. The molecule has 1 N–H and O–H groups in total. The predicted octanol–water partition coefficient (Wildman–Crippen LogP) is 1.78. The van der Waals surface area contributed by atoms with Gasteiger partial charge in [-0.25, -0.2) is 0 Å². The molecule has 2 aliphatic heterocycles. The molecule has 0 saturated carbocycles. The lowest BCUT2D eigenvalue weighted by Gasteiger charge is -2.44. The quantitative estimate of drug-likeness (QED) is 0.775. The molecule has 2 aliphatic rings. The molecule has 16 heavy (non-hydrogen) atoms.